The number of hydrogen-bond donors (Lipinski definition) is 1. The zero-order chi connectivity index (χ0) is 22.8. The molecule has 168 valence electrons. The molecular weight excluding hydrogens is 523 g/mol. The Labute approximate surface area is 208 Å². The van der Waals surface area contributed by atoms with Crippen molar-refractivity contribution in [3.63, 3.8) is 0 Å². The maximum absolute atomic E-state index is 5.74. The van der Waals surface area contributed by atoms with Gasteiger partial charge in [0, 0.05) is 17.8 Å². The standard InChI is InChI=1S/C28H27IN2O2/c1-3-33-26-16-18(15-24(29)28(26)32-2)17-30-20-13-11-19(12-14-20)27-23-9-6-8-21(23)22-7-4-5-10-25(22)31-27/h4-8,10-17,21,23,27,31H,3,9H2,1-2H3/t21-,23+,27-/m0/s1. The minimum Gasteiger partial charge on any atom is -0.492 e. The van der Waals surface area contributed by atoms with Gasteiger partial charge in [-0.3, -0.25) is 4.99 Å². The molecule has 0 saturated carbocycles. The Hall–Kier alpha value is -2.80. The second kappa shape index (κ2) is 9.59. The second-order valence-electron chi connectivity index (χ2n) is 8.38. The highest BCUT2D eigenvalue weighted by atomic mass is 127. The molecule has 2 aliphatic rings. The lowest BCUT2D eigenvalue weighted by molar-refractivity contribution is 0.309. The van der Waals surface area contributed by atoms with E-state index < -0.39 is 0 Å². The zero-order valence-electron chi connectivity index (χ0n) is 18.8. The van der Waals surface area contributed by atoms with Crippen molar-refractivity contribution in [3.8, 4) is 11.5 Å². The molecule has 3 aromatic carbocycles. The van der Waals surface area contributed by atoms with Gasteiger partial charge in [0.05, 0.1) is 29.0 Å². The van der Waals surface area contributed by atoms with Crippen LogP contribution in [0.5, 0.6) is 11.5 Å². The molecule has 0 bridgehead atoms. The highest BCUT2D eigenvalue weighted by Crippen LogP contribution is 2.49. The number of fused-ring (bicyclic) bond motifs is 3. The number of aliphatic imine (C=N–C) groups is 1. The molecule has 1 aliphatic carbocycles. The summed E-state index contributed by atoms with van der Waals surface area (Å²) in [6.07, 6.45) is 7.69. The van der Waals surface area contributed by atoms with E-state index in [-0.39, 0.29) is 0 Å². The molecule has 5 rings (SSSR count). The molecular formula is C28H27IN2O2. The lowest BCUT2D eigenvalue weighted by Gasteiger charge is -2.37. The van der Waals surface area contributed by atoms with Crippen LogP contribution in [0.15, 0.2) is 77.8 Å². The molecule has 0 fully saturated rings. The molecule has 0 amide bonds. The predicted octanol–water partition coefficient (Wildman–Crippen LogP) is 7.28. The summed E-state index contributed by atoms with van der Waals surface area (Å²) in [7, 11) is 1.67. The van der Waals surface area contributed by atoms with Gasteiger partial charge in [0.15, 0.2) is 11.5 Å². The number of halogens is 1. The molecule has 3 atom stereocenters. The molecule has 33 heavy (non-hydrogen) atoms. The molecule has 1 heterocycles. The summed E-state index contributed by atoms with van der Waals surface area (Å²) in [5.41, 5.74) is 5.88. The van der Waals surface area contributed by atoms with Crippen LogP contribution in [0, 0.1) is 9.49 Å². The van der Waals surface area contributed by atoms with Crippen LogP contribution < -0.4 is 14.8 Å². The van der Waals surface area contributed by atoms with Crippen LogP contribution in [-0.4, -0.2) is 19.9 Å². The maximum atomic E-state index is 5.74. The number of rotatable bonds is 6. The van der Waals surface area contributed by atoms with Crippen LogP contribution >= 0.6 is 22.6 Å². The molecule has 1 aliphatic heterocycles. The van der Waals surface area contributed by atoms with Gasteiger partial charge in [-0.25, -0.2) is 0 Å². The number of anilines is 1. The number of nitrogens with one attached hydrogen (secondary N) is 1. The number of benzene rings is 3. The van der Waals surface area contributed by atoms with Crippen molar-refractivity contribution in [1.82, 2.24) is 0 Å². The van der Waals surface area contributed by atoms with Crippen LogP contribution in [0.1, 0.15) is 42.0 Å². The third-order valence-electron chi connectivity index (χ3n) is 6.42. The van der Waals surface area contributed by atoms with Crippen molar-refractivity contribution >= 4 is 40.2 Å². The van der Waals surface area contributed by atoms with Crippen molar-refractivity contribution in [2.45, 2.75) is 25.3 Å². The molecule has 0 unspecified atom stereocenters. The summed E-state index contributed by atoms with van der Waals surface area (Å²) in [5, 5.41) is 3.79. The highest BCUT2D eigenvalue weighted by Gasteiger charge is 2.37. The lowest BCUT2D eigenvalue weighted by Crippen LogP contribution is -2.28. The van der Waals surface area contributed by atoms with E-state index in [0.29, 0.717) is 24.5 Å². The van der Waals surface area contributed by atoms with Gasteiger partial charge in [-0.05, 0) is 88.9 Å². The van der Waals surface area contributed by atoms with Crippen LogP contribution in [-0.2, 0) is 0 Å². The van der Waals surface area contributed by atoms with E-state index in [1.165, 1.54) is 16.8 Å². The number of methoxy groups -OCH3 is 1. The van der Waals surface area contributed by atoms with Crippen molar-refractivity contribution in [1.29, 1.82) is 0 Å². The summed E-state index contributed by atoms with van der Waals surface area (Å²) in [6, 6.07) is 21.6. The average molecular weight is 550 g/mol. The Balaban J connectivity index is 1.36. The third-order valence-corrected chi connectivity index (χ3v) is 7.22. The Bertz CT molecular complexity index is 1200. The molecule has 0 saturated heterocycles. The first-order valence-electron chi connectivity index (χ1n) is 11.3. The molecule has 0 aromatic heterocycles. The van der Waals surface area contributed by atoms with Crippen molar-refractivity contribution in [3.05, 3.63) is 93.1 Å². The smallest absolute Gasteiger partial charge is 0.174 e. The van der Waals surface area contributed by atoms with Crippen molar-refractivity contribution < 1.29 is 9.47 Å². The summed E-state index contributed by atoms with van der Waals surface area (Å²) >= 11 is 2.27. The Morgan fingerprint density at radius 2 is 1.94 bits per heavy atom. The Morgan fingerprint density at radius 3 is 2.73 bits per heavy atom. The van der Waals surface area contributed by atoms with Gasteiger partial charge >= 0.3 is 0 Å². The van der Waals surface area contributed by atoms with E-state index in [4.69, 9.17) is 14.5 Å². The van der Waals surface area contributed by atoms with E-state index >= 15 is 0 Å². The van der Waals surface area contributed by atoms with Gasteiger partial charge in [0.25, 0.3) is 0 Å². The van der Waals surface area contributed by atoms with Gasteiger partial charge in [0.2, 0.25) is 0 Å². The van der Waals surface area contributed by atoms with Gasteiger partial charge in [0.1, 0.15) is 0 Å². The first kappa shape index (κ1) is 22.0. The van der Waals surface area contributed by atoms with Crippen LogP contribution in [0.4, 0.5) is 11.4 Å². The van der Waals surface area contributed by atoms with E-state index in [0.717, 1.165) is 32.7 Å². The monoisotopic (exact) mass is 550 g/mol. The Morgan fingerprint density at radius 1 is 1.12 bits per heavy atom. The first-order valence-corrected chi connectivity index (χ1v) is 12.4. The predicted molar refractivity (Wildman–Crippen MR) is 143 cm³/mol. The fourth-order valence-corrected chi connectivity index (χ4v) is 5.76. The van der Waals surface area contributed by atoms with E-state index in [1.54, 1.807) is 7.11 Å². The molecule has 4 nitrogen and oxygen atoms in total. The molecule has 1 N–H and O–H groups in total. The van der Waals surface area contributed by atoms with Crippen molar-refractivity contribution in [2.75, 3.05) is 19.0 Å². The SMILES string of the molecule is CCOc1cc(C=Nc2ccc([C@@H]3Nc4ccccc4[C@@H]4C=CC[C@H]43)cc2)cc(I)c1OC. The lowest BCUT2D eigenvalue weighted by atomic mass is 9.77. The van der Waals surface area contributed by atoms with E-state index in [1.807, 2.05) is 19.2 Å². The van der Waals surface area contributed by atoms with Gasteiger partial charge in [-0.1, -0.05) is 42.5 Å². The van der Waals surface area contributed by atoms with Gasteiger partial charge in [-0.15, -0.1) is 0 Å². The topological polar surface area (TPSA) is 42.8 Å². The van der Waals surface area contributed by atoms with Crippen LogP contribution in [0.25, 0.3) is 0 Å². The zero-order valence-corrected chi connectivity index (χ0v) is 21.0. The minimum atomic E-state index is 0.301. The van der Waals surface area contributed by atoms with E-state index in [9.17, 15) is 0 Å². The minimum absolute atomic E-state index is 0.301. The second-order valence-corrected chi connectivity index (χ2v) is 9.54. The van der Waals surface area contributed by atoms with E-state index in [2.05, 4.69) is 94.7 Å². The number of allylic oxidation sites excluding steroid dienone is 2. The van der Waals surface area contributed by atoms with Crippen LogP contribution in [0.3, 0.4) is 0 Å². The van der Waals surface area contributed by atoms with Crippen molar-refractivity contribution in [2.24, 2.45) is 10.9 Å². The Kier molecular flexibility index (Phi) is 6.40. The first-order chi connectivity index (χ1) is 16.2. The largest absolute Gasteiger partial charge is 0.492 e. The summed E-state index contributed by atoms with van der Waals surface area (Å²) in [4.78, 5) is 4.71. The third kappa shape index (κ3) is 4.38. The maximum Gasteiger partial charge on any atom is 0.174 e. The number of hydrogen-bond acceptors (Lipinski definition) is 4. The summed E-state index contributed by atoms with van der Waals surface area (Å²) in [6.45, 7) is 2.56. The van der Waals surface area contributed by atoms with Gasteiger partial charge in [-0.2, -0.15) is 0 Å². The molecule has 0 radical (unpaired) electrons. The molecule has 0 spiro atoms. The molecule has 3 aromatic rings. The number of nitrogens with zero attached hydrogens (tertiary/aromatic N) is 1. The summed E-state index contributed by atoms with van der Waals surface area (Å²) in [5.74, 6) is 2.54. The summed E-state index contributed by atoms with van der Waals surface area (Å²) < 4.78 is 12.2. The van der Waals surface area contributed by atoms with Crippen LogP contribution in [0.2, 0.25) is 0 Å². The highest BCUT2D eigenvalue weighted by molar-refractivity contribution is 14.1. The quantitative estimate of drug-likeness (QED) is 0.199. The fraction of sp³-hybridized carbons (Fsp3) is 0.250. The number of ether oxygens (including phenoxy) is 2. The average Bonchev–Trinajstić information content (AvgIpc) is 3.33. The van der Waals surface area contributed by atoms with Gasteiger partial charge < -0.3 is 14.8 Å². The number of para-hydroxylation sites is 1. The fourth-order valence-electron chi connectivity index (χ4n) is 4.91. The normalized spacial score (nSPS) is 20.9. The molecule has 5 heteroatoms.